The van der Waals surface area contributed by atoms with Gasteiger partial charge in [-0.3, -0.25) is 4.79 Å². The molecule has 5 nitrogen and oxygen atoms in total. The Morgan fingerprint density at radius 1 is 1.53 bits per heavy atom. The van der Waals surface area contributed by atoms with Gasteiger partial charge in [-0.2, -0.15) is 0 Å². The van der Waals surface area contributed by atoms with E-state index in [1.165, 1.54) is 0 Å². The van der Waals surface area contributed by atoms with Gasteiger partial charge in [0.25, 0.3) is 0 Å². The normalized spacial score (nSPS) is 10.1. The van der Waals surface area contributed by atoms with Crippen LogP contribution < -0.4 is 10.6 Å². The van der Waals surface area contributed by atoms with E-state index in [2.05, 4.69) is 20.9 Å². The number of carbonyl (C=O) groups is 1. The molecule has 0 fully saturated rings. The quantitative estimate of drug-likeness (QED) is 0.911. The molecule has 2 N–H and O–H groups in total. The molecule has 0 saturated carbocycles. The maximum Gasteiger partial charge on any atom is 0.241 e. The third-order valence-electron chi connectivity index (χ3n) is 2.35. The van der Waals surface area contributed by atoms with Crippen molar-refractivity contribution in [2.45, 2.75) is 6.92 Å². The fourth-order valence-corrected chi connectivity index (χ4v) is 1.94. The molecule has 1 aromatic rings. The molecule has 94 valence electrons. The molecule has 0 unspecified atom stereocenters. The van der Waals surface area contributed by atoms with E-state index < -0.39 is 0 Å². The highest BCUT2D eigenvalue weighted by Gasteiger charge is 2.15. The number of anilines is 2. The molecule has 0 aliphatic heterocycles. The van der Waals surface area contributed by atoms with Gasteiger partial charge in [0.2, 0.25) is 5.91 Å². The first-order valence-electron chi connectivity index (χ1n) is 5.31. The van der Waals surface area contributed by atoms with Gasteiger partial charge in [0.1, 0.15) is 5.82 Å². The van der Waals surface area contributed by atoms with Crippen LogP contribution in [0.2, 0.25) is 0 Å². The molecule has 0 saturated heterocycles. The molecular weight excluding hydrogens is 284 g/mol. The highest BCUT2D eigenvalue weighted by molar-refractivity contribution is 9.10. The number of nitrogens with two attached hydrogens (primary N) is 1. The first-order chi connectivity index (χ1) is 7.95. The average Bonchev–Trinajstić information content (AvgIpc) is 2.26. The molecule has 1 aromatic heterocycles. The minimum Gasteiger partial charge on any atom is -0.397 e. The van der Waals surface area contributed by atoms with Crippen LogP contribution in [-0.4, -0.2) is 43.0 Å². The van der Waals surface area contributed by atoms with Crippen LogP contribution in [0.3, 0.4) is 0 Å². The summed E-state index contributed by atoms with van der Waals surface area (Å²) in [5.74, 6) is 0.772. The lowest BCUT2D eigenvalue weighted by Gasteiger charge is -2.24. The number of nitrogens with zero attached hydrogens (tertiary/aromatic N) is 3. The molecule has 1 heterocycles. The lowest BCUT2D eigenvalue weighted by molar-refractivity contribution is -0.127. The monoisotopic (exact) mass is 300 g/mol. The van der Waals surface area contributed by atoms with Gasteiger partial charge in [-0.05, 0) is 28.9 Å². The molecule has 0 aliphatic carbocycles. The van der Waals surface area contributed by atoms with Gasteiger partial charge in [-0.1, -0.05) is 0 Å². The predicted molar refractivity (Wildman–Crippen MR) is 72.9 cm³/mol. The maximum absolute atomic E-state index is 11.7. The van der Waals surface area contributed by atoms with Crippen molar-refractivity contribution >= 4 is 33.3 Å². The number of amides is 1. The van der Waals surface area contributed by atoms with Gasteiger partial charge < -0.3 is 15.5 Å². The van der Waals surface area contributed by atoms with Crippen molar-refractivity contribution in [3.63, 3.8) is 0 Å². The Kier molecular flexibility index (Phi) is 4.74. The molecule has 0 aromatic carbocycles. The lowest BCUT2D eigenvalue weighted by Crippen LogP contribution is -2.37. The number of likely N-dealkylation sites (N-methyl/N-ethyl adjacent to an activating group) is 2. The Hall–Kier alpha value is -1.30. The minimum absolute atomic E-state index is 0.0392. The third kappa shape index (κ3) is 3.59. The van der Waals surface area contributed by atoms with Crippen molar-refractivity contribution < 1.29 is 4.79 Å². The lowest BCUT2D eigenvalue weighted by atomic mass is 10.3. The fourth-order valence-electron chi connectivity index (χ4n) is 1.32. The molecular formula is C11H17BrN4O. The van der Waals surface area contributed by atoms with Crippen molar-refractivity contribution in [2.24, 2.45) is 0 Å². The number of hydrogen-bond acceptors (Lipinski definition) is 4. The summed E-state index contributed by atoms with van der Waals surface area (Å²) in [6, 6.07) is 1.78. The van der Waals surface area contributed by atoms with Gasteiger partial charge in [-0.25, -0.2) is 4.98 Å². The second-order valence-electron chi connectivity index (χ2n) is 3.88. The summed E-state index contributed by atoms with van der Waals surface area (Å²) in [6.07, 6.45) is 1.59. The molecule has 6 heteroatoms. The minimum atomic E-state index is 0.0392. The first-order valence-corrected chi connectivity index (χ1v) is 6.11. The Bertz CT molecular complexity index is 408. The summed E-state index contributed by atoms with van der Waals surface area (Å²) in [6.45, 7) is 2.99. The van der Waals surface area contributed by atoms with E-state index in [-0.39, 0.29) is 5.91 Å². The Morgan fingerprint density at radius 3 is 2.65 bits per heavy atom. The number of carbonyl (C=O) groups excluding carboxylic acids is 1. The van der Waals surface area contributed by atoms with Crippen molar-refractivity contribution in [1.82, 2.24) is 9.88 Å². The summed E-state index contributed by atoms with van der Waals surface area (Å²) >= 11 is 3.41. The van der Waals surface area contributed by atoms with E-state index >= 15 is 0 Å². The average molecular weight is 301 g/mol. The number of nitrogen functional groups attached to an aromatic ring is 1. The molecule has 17 heavy (non-hydrogen) atoms. The first kappa shape index (κ1) is 13.8. The van der Waals surface area contributed by atoms with Gasteiger partial charge in [-0.15, -0.1) is 0 Å². The number of aromatic nitrogens is 1. The van der Waals surface area contributed by atoms with E-state index in [9.17, 15) is 4.79 Å². The zero-order valence-electron chi connectivity index (χ0n) is 10.3. The highest BCUT2D eigenvalue weighted by atomic mass is 79.9. The van der Waals surface area contributed by atoms with Crippen LogP contribution in [-0.2, 0) is 4.79 Å². The molecule has 0 spiro atoms. The predicted octanol–water partition coefficient (Wildman–Crippen LogP) is 1.34. The Balaban J connectivity index is 2.90. The van der Waals surface area contributed by atoms with Crippen LogP contribution in [0.15, 0.2) is 16.7 Å². The summed E-state index contributed by atoms with van der Waals surface area (Å²) in [4.78, 5) is 19.4. The standard InChI is InChI=1S/C11H17BrN4O/c1-4-16(7-10(17)15(2)3)11-9(12)5-8(13)6-14-11/h5-6H,4,7,13H2,1-3H3. The van der Waals surface area contributed by atoms with Gasteiger partial charge >= 0.3 is 0 Å². The summed E-state index contributed by atoms with van der Waals surface area (Å²) < 4.78 is 0.797. The maximum atomic E-state index is 11.7. The molecule has 1 rings (SSSR count). The smallest absolute Gasteiger partial charge is 0.241 e. The second-order valence-corrected chi connectivity index (χ2v) is 4.73. The van der Waals surface area contributed by atoms with Gasteiger partial charge in [0.05, 0.1) is 22.9 Å². The van der Waals surface area contributed by atoms with Crippen LogP contribution in [0, 0.1) is 0 Å². The van der Waals surface area contributed by atoms with E-state index in [4.69, 9.17) is 5.73 Å². The molecule has 0 bridgehead atoms. The van der Waals surface area contributed by atoms with E-state index in [1.54, 1.807) is 31.3 Å². The highest BCUT2D eigenvalue weighted by Crippen LogP contribution is 2.25. The van der Waals surface area contributed by atoms with E-state index in [0.717, 1.165) is 10.3 Å². The number of pyridine rings is 1. The SMILES string of the molecule is CCN(CC(=O)N(C)C)c1ncc(N)cc1Br. The molecule has 0 atom stereocenters. The van der Waals surface area contributed by atoms with Gasteiger partial charge in [0.15, 0.2) is 0 Å². The molecule has 0 aliphatic rings. The van der Waals surface area contributed by atoms with Crippen LogP contribution in [0.5, 0.6) is 0 Å². The Morgan fingerprint density at radius 2 is 2.18 bits per heavy atom. The topological polar surface area (TPSA) is 62.5 Å². The van der Waals surface area contributed by atoms with Crippen LogP contribution in [0.4, 0.5) is 11.5 Å². The number of rotatable bonds is 4. The summed E-state index contributed by atoms with van der Waals surface area (Å²) in [5, 5.41) is 0. The van der Waals surface area contributed by atoms with Crippen LogP contribution >= 0.6 is 15.9 Å². The van der Waals surface area contributed by atoms with Crippen molar-refractivity contribution in [1.29, 1.82) is 0 Å². The van der Waals surface area contributed by atoms with Crippen molar-refractivity contribution in [3.05, 3.63) is 16.7 Å². The van der Waals surface area contributed by atoms with Crippen LogP contribution in [0.1, 0.15) is 6.92 Å². The third-order valence-corrected chi connectivity index (χ3v) is 2.93. The molecule has 1 amide bonds. The summed E-state index contributed by atoms with van der Waals surface area (Å²) in [5.41, 5.74) is 6.23. The van der Waals surface area contributed by atoms with Crippen molar-refractivity contribution in [3.8, 4) is 0 Å². The number of halogens is 1. The fraction of sp³-hybridized carbons (Fsp3) is 0.455. The van der Waals surface area contributed by atoms with E-state index in [1.807, 2.05) is 11.8 Å². The number of hydrogen-bond donors (Lipinski definition) is 1. The largest absolute Gasteiger partial charge is 0.397 e. The summed E-state index contributed by atoms with van der Waals surface area (Å²) in [7, 11) is 3.48. The van der Waals surface area contributed by atoms with Gasteiger partial charge in [0, 0.05) is 20.6 Å². The van der Waals surface area contributed by atoms with E-state index in [0.29, 0.717) is 18.8 Å². The zero-order valence-corrected chi connectivity index (χ0v) is 11.9. The van der Waals surface area contributed by atoms with Crippen LogP contribution in [0.25, 0.3) is 0 Å². The molecule has 0 radical (unpaired) electrons. The second kappa shape index (κ2) is 5.86. The van der Waals surface area contributed by atoms with Crippen molar-refractivity contribution in [2.75, 3.05) is 37.8 Å². The Labute approximate surface area is 110 Å². The zero-order chi connectivity index (χ0) is 13.0.